The van der Waals surface area contributed by atoms with Gasteiger partial charge in [0.25, 0.3) is 0 Å². The van der Waals surface area contributed by atoms with E-state index < -0.39 is 10.0 Å². The molecule has 1 heterocycles. The Morgan fingerprint density at radius 3 is 2.46 bits per heavy atom. The van der Waals surface area contributed by atoms with E-state index in [0.717, 1.165) is 37.8 Å². The van der Waals surface area contributed by atoms with Crippen molar-refractivity contribution in [3.63, 3.8) is 0 Å². The van der Waals surface area contributed by atoms with Gasteiger partial charge in [-0.3, -0.25) is 4.79 Å². The number of hydrogen-bond acceptors (Lipinski definition) is 3. The first-order valence-electron chi connectivity index (χ1n) is 8.80. The molecule has 24 heavy (non-hydrogen) atoms. The second-order valence-corrected chi connectivity index (χ2v) is 8.55. The van der Waals surface area contributed by atoms with Crippen LogP contribution in [0.1, 0.15) is 52.4 Å². The molecule has 1 aliphatic heterocycles. The molecule has 1 N–H and O–H groups in total. The summed E-state index contributed by atoms with van der Waals surface area (Å²) in [5, 5.41) is 0. The highest BCUT2D eigenvalue weighted by atomic mass is 32.2. The lowest BCUT2D eigenvalue weighted by Crippen LogP contribution is -2.35. The topological polar surface area (TPSA) is 66.5 Å². The lowest BCUT2D eigenvalue weighted by atomic mass is 10.1. The van der Waals surface area contributed by atoms with Gasteiger partial charge in [0, 0.05) is 25.2 Å². The van der Waals surface area contributed by atoms with E-state index in [1.807, 2.05) is 0 Å². The molecular weight excluding hydrogens is 324 g/mol. The molecular formula is C18H28N2O3S. The molecule has 134 valence electrons. The summed E-state index contributed by atoms with van der Waals surface area (Å²) in [4.78, 5) is 13.9. The molecule has 1 saturated heterocycles. The number of piperidine rings is 1. The van der Waals surface area contributed by atoms with Crippen molar-refractivity contribution >= 4 is 21.6 Å². The van der Waals surface area contributed by atoms with Crippen LogP contribution in [0.15, 0.2) is 29.2 Å². The average molecular weight is 353 g/mol. The molecule has 0 unspecified atom stereocenters. The van der Waals surface area contributed by atoms with Crippen LogP contribution in [0.5, 0.6) is 0 Å². The Morgan fingerprint density at radius 1 is 1.12 bits per heavy atom. The molecule has 0 saturated carbocycles. The van der Waals surface area contributed by atoms with Crippen LogP contribution >= 0.6 is 0 Å². The molecule has 1 amide bonds. The highest BCUT2D eigenvalue weighted by Gasteiger charge is 2.20. The molecule has 2 rings (SSSR count). The van der Waals surface area contributed by atoms with Gasteiger partial charge in [-0.1, -0.05) is 26.7 Å². The first-order valence-corrected chi connectivity index (χ1v) is 10.3. The number of carbonyl (C=O) groups excluding carboxylic acids is 1. The Morgan fingerprint density at radius 2 is 1.83 bits per heavy atom. The third kappa shape index (κ3) is 5.31. The van der Waals surface area contributed by atoms with Crippen molar-refractivity contribution in [1.29, 1.82) is 0 Å². The summed E-state index contributed by atoms with van der Waals surface area (Å²) in [6.45, 7) is 5.50. The molecule has 0 spiro atoms. The van der Waals surface area contributed by atoms with Crippen molar-refractivity contribution in [2.24, 2.45) is 5.92 Å². The first-order chi connectivity index (χ1) is 11.4. The van der Waals surface area contributed by atoms with Gasteiger partial charge in [0.15, 0.2) is 0 Å². The summed E-state index contributed by atoms with van der Waals surface area (Å²) in [6, 6.07) is 6.59. The molecule has 0 aromatic heterocycles. The number of hydrogen-bond donors (Lipinski definition) is 1. The molecule has 0 atom stereocenters. The summed E-state index contributed by atoms with van der Waals surface area (Å²) in [5.41, 5.74) is 0.774. The van der Waals surface area contributed by atoms with Crippen LogP contribution in [0.4, 0.5) is 5.69 Å². The van der Waals surface area contributed by atoms with Crippen LogP contribution in [0, 0.1) is 5.92 Å². The summed E-state index contributed by atoms with van der Waals surface area (Å²) in [5.74, 6) is 0.756. The number of nitrogens with one attached hydrogen (secondary N) is 1. The number of unbranched alkanes of at least 4 members (excludes halogenated alkanes) is 1. The van der Waals surface area contributed by atoms with Crippen molar-refractivity contribution in [3.05, 3.63) is 24.3 Å². The van der Waals surface area contributed by atoms with Gasteiger partial charge in [-0.2, -0.15) is 0 Å². The Balaban J connectivity index is 1.92. The maximum Gasteiger partial charge on any atom is 0.240 e. The number of rotatable bonds is 8. The minimum Gasteiger partial charge on any atom is -0.312 e. The monoisotopic (exact) mass is 352 g/mol. The van der Waals surface area contributed by atoms with Gasteiger partial charge in [0.1, 0.15) is 0 Å². The Kier molecular flexibility index (Phi) is 6.80. The Hall–Kier alpha value is -1.40. The number of anilines is 1. The third-order valence-electron chi connectivity index (χ3n) is 4.28. The fourth-order valence-electron chi connectivity index (χ4n) is 2.85. The van der Waals surface area contributed by atoms with E-state index in [1.54, 1.807) is 29.2 Å². The predicted octanol–water partition coefficient (Wildman–Crippen LogP) is 3.31. The minimum absolute atomic E-state index is 0.111. The molecule has 1 aliphatic rings. The Bertz CT molecular complexity index is 639. The number of sulfonamides is 1. The maximum absolute atomic E-state index is 12.3. The van der Waals surface area contributed by atoms with Gasteiger partial charge < -0.3 is 4.90 Å². The van der Waals surface area contributed by atoms with E-state index in [1.165, 1.54) is 0 Å². The number of carbonyl (C=O) groups is 1. The molecule has 1 aromatic rings. The summed E-state index contributed by atoms with van der Waals surface area (Å²) in [6.07, 6.45) is 5.47. The summed E-state index contributed by atoms with van der Waals surface area (Å²) in [7, 11) is -3.48. The fraction of sp³-hybridized carbons (Fsp3) is 0.611. The zero-order valence-corrected chi connectivity index (χ0v) is 15.4. The first kappa shape index (κ1) is 18.9. The van der Waals surface area contributed by atoms with E-state index in [2.05, 4.69) is 18.6 Å². The van der Waals surface area contributed by atoms with Crippen molar-refractivity contribution in [3.8, 4) is 0 Å². The highest BCUT2D eigenvalue weighted by Crippen LogP contribution is 2.22. The maximum atomic E-state index is 12.3. The van der Waals surface area contributed by atoms with Crippen molar-refractivity contribution < 1.29 is 13.2 Å². The van der Waals surface area contributed by atoms with Crippen molar-refractivity contribution in [2.45, 2.75) is 57.3 Å². The van der Waals surface area contributed by atoms with Crippen LogP contribution in [0.2, 0.25) is 0 Å². The van der Waals surface area contributed by atoms with Gasteiger partial charge in [-0.25, -0.2) is 13.1 Å². The molecule has 0 bridgehead atoms. The highest BCUT2D eigenvalue weighted by molar-refractivity contribution is 7.89. The lowest BCUT2D eigenvalue weighted by molar-refractivity contribution is -0.119. The minimum atomic E-state index is -3.48. The number of amides is 1. The van der Waals surface area contributed by atoms with E-state index in [-0.39, 0.29) is 10.8 Å². The number of benzene rings is 1. The van der Waals surface area contributed by atoms with Gasteiger partial charge in [0.05, 0.1) is 4.90 Å². The number of nitrogens with zero attached hydrogens (tertiary/aromatic N) is 1. The van der Waals surface area contributed by atoms with E-state index in [4.69, 9.17) is 0 Å². The quantitative estimate of drug-likeness (QED) is 0.730. The smallest absolute Gasteiger partial charge is 0.240 e. The second-order valence-electron chi connectivity index (χ2n) is 6.78. The zero-order chi connectivity index (χ0) is 17.6. The Labute approximate surface area is 145 Å². The zero-order valence-electron chi connectivity index (χ0n) is 14.6. The van der Waals surface area contributed by atoms with Crippen LogP contribution in [0.3, 0.4) is 0 Å². The van der Waals surface area contributed by atoms with Crippen molar-refractivity contribution in [2.75, 3.05) is 18.0 Å². The third-order valence-corrected chi connectivity index (χ3v) is 5.76. The van der Waals surface area contributed by atoms with Gasteiger partial charge in [-0.05, 0) is 49.4 Å². The lowest BCUT2D eigenvalue weighted by Gasteiger charge is -2.26. The van der Waals surface area contributed by atoms with Crippen LogP contribution in [-0.2, 0) is 14.8 Å². The predicted molar refractivity (Wildman–Crippen MR) is 96.5 cm³/mol. The van der Waals surface area contributed by atoms with E-state index >= 15 is 0 Å². The van der Waals surface area contributed by atoms with Crippen molar-refractivity contribution in [1.82, 2.24) is 4.72 Å². The normalized spacial score (nSPS) is 16.0. The van der Waals surface area contributed by atoms with Crippen LogP contribution in [0.25, 0.3) is 0 Å². The molecule has 1 aromatic carbocycles. The van der Waals surface area contributed by atoms with Crippen LogP contribution in [-0.4, -0.2) is 27.4 Å². The van der Waals surface area contributed by atoms with E-state index in [9.17, 15) is 13.2 Å². The second kappa shape index (κ2) is 8.62. The molecule has 5 nitrogen and oxygen atoms in total. The molecule has 0 aliphatic carbocycles. The molecule has 0 radical (unpaired) electrons. The van der Waals surface area contributed by atoms with Gasteiger partial charge in [-0.15, -0.1) is 0 Å². The summed E-state index contributed by atoms with van der Waals surface area (Å²) < 4.78 is 27.2. The van der Waals surface area contributed by atoms with Gasteiger partial charge >= 0.3 is 0 Å². The fourth-order valence-corrected chi connectivity index (χ4v) is 3.93. The summed E-state index contributed by atoms with van der Waals surface area (Å²) >= 11 is 0. The standard InChI is InChI=1S/C18H28N2O3S/c1-15(2)7-3-5-13-19-24(22,23)17-11-9-16(10-12-17)20-14-6-4-8-18(20)21/h9-12,15,19H,3-8,13-14H2,1-2H3. The molecule has 6 heteroatoms. The SMILES string of the molecule is CC(C)CCCCNS(=O)(=O)c1ccc(N2CCCCC2=O)cc1. The van der Waals surface area contributed by atoms with E-state index in [0.29, 0.717) is 25.4 Å². The van der Waals surface area contributed by atoms with Gasteiger partial charge in [0.2, 0.25) is 15.9 Å². The largest absolute Gasteiger partial charge is 0.312 e. The van der Waals surface area contributed by atoms with Crippen LogP contribution < -0.4 is 9.62 Å². The average Bonchev–Trinajstić information content (AvgIpc) is 2.55. The molecule has 1 fully saturated rings.